The van der Waals surface area contributed by atoms with E-state index in [4.69, 9.17) is 5.73 Å². The van der Waals surface area contributed by atoms with Gasteiger partial charge in [0.2, 0.25) is 5.91 Å². The summed E-state index contributed by atoms with van der Waals surface area (Å²) in [6.45, 7) is 0.543. The van der Waals surface area contributed by atoms with Crippen molar-refractivity contribution in [3.8, 4) is 11.4 Å². The lowest BCUT2D eigenvalue weighted by atomic mass is 10.1. The molecule has 1 aliphatic rings. The minimum absolute atomic E-state index is 0.0566. The van der Waals surface area contributed by atoms with E-state index in [1.165, 1.54) is 17.0 Å². The van der Waals surface area contributed by atoms with Crippen molar-refractivity contribution in [1.82, 2.24) is 24.7 Å². The highest BCUT2D eigenvalue weighted by molar-refractivity contribution is 5.77. The second-order valence-corrected chi connectivity index (χ2v) is 6.18. The van der Waals surface area contributed by atoms with Gasteiger partial charge in [0.05, 0.1) is 5.69 Å². The van der Waals surface area contributed by atoms with Gasteiger partial charge in [0.15, 0.2) is 0 Å². The van der Waals surface area contributed by atoms with E-state index in [2.05, 4.69) is 15.2 Å². The second kappa shape index (κ2) is 7.32. The van der Waals surface area contributed by atoms with Crippen LogP contribution in [0.5, 0.6) is 5.75 Å². The van der Waals surface area contributed by atoms with Crippen molar-refractivity contribution in [3.05, 3.63) is 34.7 Å². The Bertz CT molecular complexity index is 954. The largest absolute Gasteiger partial charge is 0.573 e. The zero-order valence-corrected chi connectivity index (χ0v) is 14.3. The van der Waals surface area contributed by atoms with E-state index in [9.17, 15) is 27.6 Å². The molecule has 1 aliphatic heterocycles. The van der Waals surface area contributed by atoms with Crippen LogP contribution in [-0.2, 0) is 4.79 Å². The maximum atomic E-state index is 12.5. The fraction of sp³-hybridized carbons (Fsp3) is 0.400. The van der Waals surface area contributed by atoms with E-state index in [1.807, 2.05) is 0 Å². The molecule has 3 rings (SSSR count). The van der Waals surface area contributed by atoms with Gasteiger partial charge in [0.1, 0.15) is 5.75 Å². The number of carbonyl (C=O) groups excluding carboxylic acids is 2. The van der Waals surface area contributed by atoms with E-state index in [-0.39, 0.29) is 24.6 Å². The van der Waals surface area contributed by atoms with Gasteiger partial charge in [0.25, 0.3) is 0 Å². The molecule has 0 radical (unpaired) electrons. The second-order valence-electron chi connectivity index (χ2n) is 6.18. The number of likely N-dealkylation sites (tertiary alicyclic amines) is 1. The lowest BCUT2D eigenvalue weighted by molar-refractivity contribution is -0.274. The van der Waals surface area contributed by atoms with Crippen molar-refractivity contribution in [2.24, 2.45) is 11.7 Å². The van der Waals surface area contributed by atoms with Crippen LogP contribution in [-0.4, -0.2) is 56.1 Å². The van der Waals surface area contributed by atoms with Crippen molar-refractivity contribution in [3.63, 3.8) is 0 Å². The number of halogens is 3. The number of rotatable bonds is 4. The van der Waals surface area contributed by atoms with Gasteiger partial charge < -0.3 is 15.4 Å². The highest BCUT2D eigenvalue weighted by Gasteiger charge is 2.32. The molecule has 2 N–H and O–H groups in total. The summed E-state index contributed by atoms with van der Waals surface area (Å²) in [5.74, 6) is -1.14. The van der Waals surface area contributed by atoms with E-state index in [0.717, 1.165) is 12.1 Å². The van der Waals surface area contributed by atoms with Crippen LogP contribution in [0, 0.1) is 5.92 Å². The lowest BCUT2D eigenvalue weighted by Crippen LogP contribution is -2.40. The summed E-state index contributed by atoms with van der Waals surface area (Å²) in [4.78, 5) is 37.2. The number of nitrogens with two attached hydrogens (primary N) is 1. The Morgan fingerprint density at radius 2 is 2.04 bits per heavy atom. The predicted octanol–water partition coefficient (Wildman–Crippen LogP) is 0.493. The number of benzene rings is 1. The van der Waals surface area contributed by atoms with Gasteiger partial charge in [-0.2, -0.15) is 4.68 Å². The average molecular weight is 400 g/mol. The lowest BCUT2D eigenvalue weighted by Gasteiger charge is -2.14. The number of nitrogens with zero attached hydrogens (tertiary/aromatic N) is 5. The molecule has 28 heavy (non-hydrogen) atoms. The number of carbonyl (C=O) groups is 2. The first kappa shape index (κ1) is 19.4. The molecule has 1 atom stereocenters. The fourth-order valence-electron chi connectivity index (χ4n) is 2.93. The first-order chi connectivity index (χ1) is 13.1. The number of hydrogen-bond acceptors (Lipinski definition) is 6. The van der Waals surface area contributed by atoms with Crippen molar-refractivity contribution < 1.29 is 27.5 Å². The van der Waals surface area contributed by atoms with Gasteiger partial charge in [-0.1, -0.05) is 6.07 Å². The highest BCUT2D eigenvalue weighted by atomic mass is 19.4. The van der Waals surface area contributed by atoms with Gasteiger partial charge in [-0.3, -0.25) is 4.79 Å². The Balaban J connectivity index is 1.79. The van der Waals surface area contributed by atoms with Crippen LogP contribution < -0.4 is 16.2 Å². The third-order valence-corrected chi connectivity index (χ3v) is 4.10. The molecular formula is C15H15F3N6O4. The van der Waals surface area contributed by atoms with Crippen molar-refractivity contribution in [2.75, 3.05) is 13.1 Å². The fourth-order valence-corrected chi connectivity index (χ4v) is 2.93. The van der Waals surface area contributed by atoms with Crippen LogP contribution in [0.4, 0.5) is 18.0 Å². The quantitative estimate of drug-likeness (QED) is 0.745. The Morgan fingerprint density at radius 3 is 2.71 bits per heavy atom. The number of ether oxygens (including phenoxy) is 1. The van der Waals surface area contributed by atoms with Crippen molar-refractivity contribution in [1.29, 1.82) is 0 Å². The molecule has 2 heterocycles. The van der Waals surface area contributed by atoms with Crippen LogP contribution in [0.3, 0.4) is 0 Å². The monoisotopic (exact) mass is 400 g/mol. The van der Waals surface area contributed by atoms with Crippen LogP contribution in [0.2, 0.25) is 0 Å². The Morgan fingerprint density at radius 1 is 1.29 bits per heavy atom. The standard InChI is InChI=1S/C15H15F3N6O4/c16-15(17,18)28-11-3-1-2-10(7-11)23-14(27)24(21-20-23)13(26)22-5-4-9(8-22)6-12(19)25/h1-3,7,9H,4-6,8H2,(H2,19,25)/t9-/m0/s1. The van der Waals surface area contributed by atoms with Crippen molar-refractivity contribution >= 4 is 11.9 Å². The Labute approximate surface area is 155 Å². The molecule has 2 aromatic rings. The summed E-state index contributed by atoms with van der Waals surface area (Å²) in [6, 6.07) is 3.80. The smallest absolute Gasteiger partial charge is 0.406 e. The average Bonchev–Trinajstić information content (AvgIpc) is 3.19. The number of amides is 2. The number of primary amides is 1. The molecule has 1 fully saturated rings. The minimum atomic E-state index is -4.89. The molecule has 0 aliphatic carbocycles. The molecule has 10 nitrogen and oxygen atoms in total. The van der Waals surface area contributed by atoms with Crippen LogP contribution in [0.15, 0.2) is 29.1 Å². The minimum Gasteiger partial charge on any atom is -0.406 e. The molecule has 0 saturated carbocycles. The summed E-state index contributed by atoms with van der Waals surface area (Å²) in [5, 5.41) is 7.04. The molecule has 2 amide bonds. The Kier molecular flexibility index (Phi) is 5.07. The maximum absolute atomic E-state index is 12.5. The van der Waals surface area contributed by atoms with Crippen molar-refractivity contribution in [2.45, 2.75) is 19.2 Å². The zero-order chi connectivity index (χ0) is 20.5. The van der Waals surface area contributed by atoms with Gasteiger partial charge in [-0.15, -0.1) is 17.9 Å². The molecule has 1 aromatic carbocycles. The predicted molar refractivity (Wildman–Crippen MR) is 86.6 cm³/mol. The first-order valence-corrected chi connectivity index (χ1v) is 8.13. The highest BCUT2D eigenvalue weighted by Crippen LogP contribution is 2.24. The summed E-state index contributed by atoms with van der Waals surface area (Å²) < 4.78 is 42.0. The number of tetrazole rings is 1. The van der Waals surface area contributed by atoms with Gasteiger partial charge in [-0.25, -0.2) is 9.59 Å². The van der Waals surface area contributed by atoms with E-state index < -0.39 is 29.7 Å². The van der Waals surface area contributed by atoms with Gasteiger partial charge in [0, 0.05) is 25.6 Å². The normalized spacial score (nSPS) is 17.0. The van der Waals surface area contributed by atoms with Gasteiger partial charge >= 0.3 is 18.1 Å². The number of hydrogen-bond donors (Lipinski definition) is 1. The summed E-state index contributed by atoms with van der Waals surface area (Å²) in [6.07, 6.45) is -4.22. The number of alkyl halides is 3. The molecule has 0 spiro atoms. The third kappa shape index (κ3) is 4.29. The molecule has 0 unspecified atom stereocenters. The molecule has 1 aromatic heterocycles. The molecular weight excluding hydrogens is 385 g/mol. The molecule has 13 heteroatoms. The Hall–Kier alpha value is -3.38. The van der Waals surface area contributed by atoms with Crippen LogP contribution in [0.25, 0.3) is 5.69 Å². The molecule has 1 saturated heterocycles. The summed E-state index contributed by atoms with van der Waals surface area (Å²) >= 11 is 0. The molecule has 150 valence electrons. The summed E-state index contributed by atoms with van der Waals surface area (Å²) in [7, 11) is 0. The zero-order valence-electron chi connectivity index (χ0n) is 14.3. The first-order valence-electron chi connectivity index (χ1n) is 8.13. The molecule has 0 bridgehead atoms. The van der Waals surface area contributed by atoms with Crippen LogP contribution in [0.1, 0.15) is 12.8 Å². The third-order valence-electron chi connectivity index (χ3n) is 4.10. The van der Waals surface area contributed by atoms with E-state index >= 15 is 0 Å². The topological polar surface area (TPSA) is 125 Å². The maximum Gasteiger partial charge on any atom is 0.573 e. The van der Waals surface area contributed by atoms with Crippen LogP contribution >= 0.6 is 0 Å². The van der Waals surface area contributed by atoms with Gasteiger partial charge in [-0.05, 0) is 34.9 Å². The SMILES string of the molecule is NC(=O)C[C@@H]1CCN(C(=O)n2nnn(-c3cccc(OC(F)(F)F)c3)c2=O)C1. The number of aromatic nitrogens is 4. The van der Waals surface area contributed by atoms with E-state index in [0.29, 0.717) is 22.3 Å². The summed E-state index contributed by atoms with van der Waals surface area (Å²) in [5.41, 5.74) is 4.14. The van der Waals surface area contributed by atoms with E-state index in [1.54, 1.807) is 0 Å².